The lowest BCUT2D eigenvalue weighted by molar-refractivity contribution is 0.0680. The molecule has 7 nitrogen and oxygen atoms in total. The molecular formula is C19H20N4O3. The zero-order valence-corrected chi connectivity index (χ0v) is 14.9. The second kappa shape index (κ2) is 7.35. The highest BCUT2D eigenvalue weighted by Crippen LogP contribution is 2.19. The van der Waals surface area contributed by atoms with Gasteiger partial charge in [-0.3, -0.25) is 9.59 Å². The topological polar surface area (TPSA) is 88.2 Å². The van der Waals surface area contributed by atoms with E-state index in [0.717, 1.165) is 0 Å². The molecule has 26 heavy (non-hydrogen) atoms. The summed E-state index contributed by atoms with van der Waals surface area (Å²) in [5.41, 5.74) is 0.744. The van der Waals surface area contributed by atoms with Gasteiger partial charge in [0, 0.05) is 12.2 Å². The molecular weight excluding hydrogens is 332 g/mol. The Kier molecular flexibility index (Phi) is 4.97. The lowest BCUT2D eigenvalue weighted by Crippen LogP contribution is -2.37. The lowest BCUT2D eigenvalue weighted by atomic mass is 10.2. The molecule has 0 aliphatic heterocycles. The van der Waals surface area contributed by atoms with Crippen molar-refractivity contribution in [2.45, 2.75) is 26.4 Å². The van der Waals surface area contributed by atoms with Gasteiger partial charge in [0.05, 0.1) is 24.6 Å². The molecule has 2 heterocycles. The van der Waals surface area contributed by atoms with Crippen LogP contribution in [0, 0.1) is 0 Å². The maximum absolute atomic E-state index is 13.0. The molecule has 0 aliphatic rings. The van der Waals surface area contributed by atoms with E-state index in [1.807, 2.05) is 19.9 Å². The van der Waals surface area contributed by atoms with Crippen molar-refractivity contribution in [2.75, 3.05) is 7.11 Å². The van der Waals surface area contributed by atoms with Crippen molar-refractivity contribution in [3.63, 3.8) is 0 Å². The number of pyridine rings is 1. The Morgan fingerprint density at radius 1 is 1.23 bits per heavy atom. The zero-order chi connectivity index (χ0) is 18.7. The monoisotopic (exact) mass is 352 g/mol. The van der Waals surface area contributed by atoms with Gasteiger partial charge in [-0.25, -0.2) is 9.97 Å². The maximum Gasteiger partial charge on any atom is 0.259 e. The Morgan fingerprint density at radius 2 is 2.00 bits per heavy atom. The molecule has 2 aromatic heterocycles. The molecule has 0 spiro atoms. The summed E-state index contributed by atoms with van der Waals surface area (Å²) in [5, 5.41) is 0.521. The van der Waals surface area contributed by atoms with Crippen LogP contribution in [-0.2, 0) is 6.54 Å². The highest BCUT2D eigenvalue weighted by Gasteiger charge is 2.23. The number of fused-ring (bicyclic) bond motifs is 1. The van der Waals surface area contributed by atoms with E-state index in [2.05, 4.69) is 15.0 Å². The summed E-state index contributed by atoms with van der Waals surface area (Å²) in [7, 11) is 1.47. The van der Waals surface area contributed by atoms with Crippen LogP contribution in [0.2, 0.25) is 0 Å². The third kappa shape index (κ3) is 3.42. The molecule has 1 N–H and O–H groups in total. The largest absolute Gasteiger partial charge is 0.480 e. The lowest BCUT2D eigenvalue weighted by Gasteiger charge is -2.26. The van der Waals surface area contributed by atoms with Gasteiger partial charge in [0.15, 0.2) is 0 Å². The Bertz CT molecular complexity index is 997. The number of rotatable bonds is 5. The van der Waals surface area contributed by atoms with E-state index in [4.69, 9.17) is 4.74 Å². The predicted molar refractivity (Wildman–Crippen MR) is 98.2 cm³/mol. The van der Waals surface area contributed by atoms with Crippen LogP contribution in [0.4, 0.5) is 0 Å². The normalized spacial score (nSPS) is 10.9. The number of amides is 1. The predicted octanol–water partition coefficient (Wildman–Crippen LogP) is 2.38. The van der Waals surface area contributed by atoms with Crippen LogP contribution in [0.3, 0.4) is 0 Å². The van der Waals surface area contributed by atoms with E-state index < -0.39 is 0 Å². The van der Waals surface area contributed by atoms with E-state index in [1.165, 1.54) is 7.11 Å². The number of nitrogens with one attached hydrogen (secondary N) is 1. The molecule has 0 aliphatic carbocycles. The first-order valence-electron chi connectivity index (χ1n) is 8.29. The number of hydrogen-bond donors (Lipinski definition) is 1. The van der Waals surface area contributed by atoms with Gasteiger partial charge in [0.2, 0.25) is 5.88 Å². The van der Waals surface area contributed by atoms with Gasteiger partial charge in [-0.2, -0.15) is 0 Å². The smallest absolute Gasteiger partial charge is 0.259 e. The fourth-order valence-electron chi connectivity index (χ4n) is 2.73. The molecule has 3 rings (SSSR count). The van der Waals surface area contributed by atoms with Crippen molar-refractivity contribution in [3.8, 4) is 5.88 Å². The summed E-state index contributed by atoms with van der Waals surface area (Å²) in [6, 6.07) is 10.4. The molecule has 0 saturated carbocycles. The number of methoxy groups -OCH3 is 1. The van der Waals surface area contributed by atoms with Crippen LogP contribution in [-0.4, -0.2) is 38.9 Å². The summed E-state index contributed by atoms with van der Waals surface area (Å²) in [5.74, 6) is 0.461. The number of nitrogens with zero attached hydrogens (tertiary/aromatic N) is 3. The fraction of sp³-hybridized carbons (Fsp3) is 0.263. The molecule has 1 amide bonds. The van der Waals surface area contributed by atoms with E-state index >= 15 is 0 Å². The minimum atomic E-state index is -0.235. The molecule has 134 valence electrons. The molecule has 0 bridgehead atoms. The van der Waals surface area contributed by atoms with E-state index in [-0.39, 0.29) is 29.9 Å². The molecule has 0 radical (unpaired) electrons. The average Bonchev–Trinajstić information content (AvgIpc) is 2.65. The van der Waals surface area contributed by atoms with Crippen LogP contribution in [0.15, 0.2) is 47.4 Å². The number of carbonyl (C=O) groups excluding carboxylic acids is 1. The number of aromatic nitrogens is 3. The number of carbonyl (C=O) groups is 1. The van der Waals surface area contributed by atoms with Crippen LogP contribution < -0.4 is 10.3 Å². The first kappa shape index (κ1) is 17.6. The number of ether oxygens (including phenoxy) is 1. The summed E-state index contributed by atoms with van der Waals surface area (Å²) < 4.78 is 5.19. The fourth-order valence-corrected chi connectivity index (χ4v) is 2.73. The summed E-state index contributed by atoms with van der Waals surface area (Å²) >= 11 is 0. The Labute approximate surface area is 150 Å². The van der Waals surface area contributed by atoms with Crippen molar-refractivity contribution < 1.29 is 9.53 Å². The second-order valence-corrected chi connectivity index (χ2v) is 6.12. The molecule has 0 fully saturated rings. The van der Waals surface area contributed by atoms with Crippen molar-refractivity contribution in [1.82, 2.24) is 19.9 Å². The highest BCUT2D eigenvalue weighted by atomic mass is 16.5. The van der Waals surface area contributed by atoms with E-state index in [1.54, 1.807) is 41.4 Å². The Morgan fingerprint density at radius 3 is 2.73 bits per heavy atom. The van der Waals surface area contributed by atoms with E-state index in [9.17, 15) is 9.59 Å². The number of para-hydroxylation sites is 1. The van der Waals surface area contributed by atoms with Gasteiger partial charge in [-0.1, -0.05) is 12.1 Å². The molecule has 7 heteroatoms. The number of aromatic amines is 1. The zero-order valence-electron chi connectivity index (χ0n) is 14.9. The van der Waals surface area contributed by atoms with Crippen LogP contribution >= 0.6 is 0 Å². The first-order chi connectivity index (χ1) is 12.5. The SMILES string of the molecule is COc1ncccc1C(=O)N(Cc1nc2ccccc2c(=O)[nH]1)C(C)C. The Hall–Kier alpha value is -3.22. The van der Waals surface area contributed by atoms with Gasteiger partial charge in [0.25, 0.3) is 11.5 Å². The number of hydrogen-bond acceptors (Lipinski definition) is 5. The quantitative estimate of drug-likeness (QED) is 0.762. The van der Waals surface area contributed by atoms with Gasteiger partial charge < -0.3 is 14.6 Å². The molecule has 0 saturated heterocycles. The highest BCUT2D eigenvalue weighted by molar-refractivity contribution is 5.96. The number of benzene rings is 1. The van der Waals surface area contributed by atoms with Gasteiger partial charge in [-0.05, 0) is 38.1 Å². The van der Waals surface area contributed by atoms with Crippen LogP contribution in [0.5, 0.6) is 5.88 Å². The number of H-pyrrole nitrogens is 1. The Balaban J connectivity index is 1.97. The second-order valence-electron chi connectivity index (χ2n) is 6.12. The van der Waals surface area contributed by atoms with Crippen LogP contribution in [0.25, 0.3) is 10.9 Å². The third-order valence-corrected chi connectivity index (χ3v) is 4.06. The van der Waals surface area contributed by atoms with E-state index in [0.29, 0.717) is 22.3 Å². The van der Waals surface area contributed by atoms with Crippen molar-refractivity contribution in [3.05, 3.63) is 64.3 Å². The minimum absolute atomic E-state index is 0.107. The van der Waals surface area contributed by atoms with Gasteiger partial charge >= 0.3 is 0 Å². The standard InChI is InChI=1S/C19H20N4O3/c1-12(2)23(19(25)14-8-6-10-20-18(14)26-3)11-16-21-15-9-5-4-7-13(15)17(24)22-16/h4-10,12H,11H2,1-3H3,(H,21,22,24). The van der Waals surface area contributed by atoms with Crippen molar-refractivity contribution >= 4 is 16.8 Å². The minimum Gasteiger partial charge on any atom is -0.480 e. The maximum atomic E-state index is 13.0. The summed E-state index contributed by atoms with van der Waals surface area (Å²) in [6.07, 6.45) is 1.57. The van der Waals surface area contributed by atoms with Crippen molar-refractivity contribution in [2.24, 2.45) is 0 Å². The molecule has 1 aromatic carbocycles. The van der Waals surface area contributed by atoms with Gasteiger partial charge in [-0.15, -0.1) is 0 Å². The van der Waals surface area contributed by atoms with Crippen molar-refractivity contribution in [1.29, 1.82) is 0 Å². The molecule has 0 unspecified atom stereocenters. The average molecular weight is 352 g/mol. The first-order valence-corrected chi connectivity index (χ1v) is 8.29. The molecule has 0 atom stereocenters. The third-order valence-electron chi connectivity index (χ3n) is 4.06. The van der Waals surface area contributed by atoms with Gasteiger partial charge in [0.1, 0.15) is 11.4 Å². The summed E-state index contributed by atoms with van der Waals surface area (Å²) in [6.45, 7) is 3.98. The van der Waals surface area contributed by atoms with Crippen LogP contribution in [0.1, 0.15) is 30.0 Å². The summed E-state index contributed by atoms with van der Waals surface area (Å²) in [4.78, 5) is 38.2. The molecule has 3 aromatic rings.